The standard InChI is InChI=1S/C13H15NO2S/c1-10-5-6-11(16-10)9-14(2)13(15)8-12-4-3-7-17-12/h3-7H,8-9H2,1-2H3. The van der Waals surface area contributed by atoms with Crippen LogP contribution in [0.2, 0.25) is 0 Å². The molecule has 0 aliphatic heterocycles. The molecule has 0 bridgehead atoms. The molecule has 0 atom stereocenters. The first-order chi connectivity index (χ1) is 8.15. The highest BCUT2D eigenvalue weighted by Gasteiger charge is 2.12. The predicted octanol–water partition coefficient (Wildman–Crippen LogP) is 2.85. The average Bonchev–Trinajstić information content (AvgIpc) is 2.90. The maximum atomic E-state index is 11.9. The maximum Gasteiger partial charge on any atom is 0.227 e. The minimum absolute atomic E-state index is 0.113. The molecule has 0 aromatic carbocycles. The summed E-state index contributed by atoms with van der Waals surface area (Å²) >= 11 is 1.61. The zero-order chi connectivity index (χ0) is 12.3. The summed E-state index contributed by atoms with van der Waals surface area (Å²) in [6, 6.07) is 7.76. The first-order valence-electron chi connectivity index (χ1n) is 5.47. The molecule has 4 heteroatoms. The van der Waals surface area contributed by atoms with Gasteiger partial charge in [-0.2, -0.15) is 0 Å². The van der Waals surface area contributed by atoms with Crippen LogP contribution < -0.4 is 0 Å². The lowest BCUT2D eigenvalue weighted by atomic mass is 10.3. The molecule has 3 nitrogen and oxygen atoms in total. The highest BCUT2D eigenvalue weighted by molar-refractivity contribution is 7.10. The quantitative estimate of drug-likeness (QED) is 0.834. The molecule has 0 radical (unpaired) electrons. The van der Waals surface area contributed by atoms with Gasteiger partial charge < -0.3 is 9.32 Å². The van der Waals surface area contributed by atoms with Gasteiger partial charge in [-0.1, -0.05) is 6.07 Å². The lowest BCUT2D eigenvalue weighted by Crippen LogP contribution is -2.27. The molecule has 2 aromatic rings. The number of carbonyl (C=O) groups excluding carboxylic acids is 1. The van der Waals surface area contributed by atoms with Crippen molar-refractivity contribution in [3.8, 4) is 0 Å². The van der Waals surface area contributed by atoms with Gasteiger partial charge in [0, 0.05) is 11.9 Å². The summed E-state index contributed by atoms with van der Waals surface area (Å²) in [7, 11) is 1.80. The van der Waals surface area contributed by atoms with Crippen molar-refractivity contribution in [2.45, 2.75) is 19.9 Å². The number of carbonyl (C=O) groups is 1. The third kappa shape index (κ3) is 3.20. The second-order valence-corrected chi connectivity index (χ2v) is 5.05. The summed E-state index contributed by atoms with van der Waals surface area (Å²) in [4.78, 5) is 14.7. The lowest BCUT2D eigenvalue weighted by molar-refractivity contribution is -0.129. The van der Waals surface area contributed by atoms with Gasteiger partial charge >= 0.3 is 0 Å². The van der Waals surface area contributed by atoms with Gasteiger partial charge in [-0.05, 0) is 30.5 Å². The van der Waals surface area contributed by atoms with Gasteiger partial charge in [0.15, 0.2) is 0 Å². The molecular weight excluding hydrogens is 234 g/mol. The summed E-state index contributed by atoms with van der Waals surface area (Å²) in [5.74, 6) is 1.81. The zero-order valence-electron chi connectivity index (χ0n) is 9.97. The molecule has 0 unspecified atom stereocenters. The van der Waals surface area contributed by atoms with E-state index in [1.807, 2.05) is 36.6 Å². The summed E-state index contributed by atoms with van der Waals surface area (Å²) in [5, 5.41) is 1.98. The molecule has 0 saturated heterocycles. The monoisotopic (exact) mass is 249 g/mol. The van der Waals surface area contributed by atoms with E-state index in [-0.39, 0.29) is 5.91 Å². The molecule has 1 amide bonds. The summed E-state index contributed by atoms with van der Waals surface area (Å²) in [6.45, 7) is 2.43. The largest absolute Gasteiger partial charge is 0.464 e. The van der Waals surface area contributed by atoms with Gasteiger partial charge in [-0.15, -0.1) is 11.3 Å². The van der Waals surface area contributed by atoms with Crippen LogP contribution >= 0.6 is 11.3 Å². The molecule has 2 aromatic heterocycles. The predicted molar refractivity (Wildman–Crippen MR) is 67.9 cm³/mol. The van der Waals surface area contributed by atoms with Crippen LogP contribution in [0, 0.1) is 6.92 Å². The molecule has 2 heterocycles. The molecule has 0 fully saturated rings. The van der Waals surface area contributed by atoms with E-state index in [4.69, 9.17) is 4.42 Å². The number of furan rings is 1. The number of thiophene rings is 1. The molecule has 0 spiro atoms. The van der Waals surface area contributed by atoms with Crippen LogP contribution in [0.3, 0.4) is 0 Å². The number of amides is 1. The second kappa shape index (κ2) is 5.19. The normalized spacial score (nSPS) is 10.5. The molecule has 0 aliphatic rings. The number of hydrogen-bond donors (Lipinski definition) is 0. The number of aryl methyl sites for hydroxylation is 1. The topological polar surface area (TPSA) is 33.5 Å². The van der Waals surface area contributed by atoms with Crippen molar-refractivity contribution in [3.63, 3.8) is 0 Å². The first kappa shape index (κ1) is 11.9. The summed E-state index contributed by atoms with van der Waals surface area (Å²) in [6.07, 6.45) is 0.466. The van der Waals surface area contributed by atoms with Crippen molar-refractivity contribution in [3.05, 3.63) is 46.0 Å². The van der Waals surface area contributed by atoms with Crippen molar-refractivity contribution in [1.29, 1.82) is 0 Å². The SMILES string of the molecule is Cc1ccc(CN(C)C(=O)Cc2cccs2)o1. The van der Waals surface area contributed by atoms with E-state index in [2.05, 4.69) is 0 Å². The first-order valence-corrected chi connectivity index (χ1v) is 6.35. The van der Waals surface area contributed by atoms with Gasteiger partial charge in [0.1, 0.15) is 11.5 Å². The van der Waals surface area contributed by atoms with E-state index < -0.39 is 0 Å². The van der Waals surface area contributed by atoms with Gasteiger partial charge in [-0.3, -0.25) is 4.79 Å². The van der Waals surface area contributed by atoms with Crippen LogP contribution in [0.15, 0.2) is 34.1 Å². The molecule has 0 N–H and O–H groups in total. The van der Waals surface area contributed by atoms with Gasteiger partial charge in [0.2, 0.25) is 5.91 Å². The highest BCUT2D eigenvalue weighted by Crippen LogP contribution is 2.12. The summed E-state index contributed by atoms with van der Waals surface area (Å²) in [5.41, 5.74) is 0. The van der Waals surface area contributed by atoms with Crippen molar-refractivity contribution >= 4 is 17.2 Å². The summed E-state index contributed by atoms with van der Waals surface area (Å²) < 4.78 is 5.45. The van der Waals surface area contributed by atoms with Crippen molar-refractivity contribution < 1.29 is 9.21 Å². The number of likely N-dealkylation sites (N-methyl/N-ethyl adjacent to an activating group) is 1. The van der Waals surface area contributed by atoms with Crippen LogP contribution in [0.1, 0.15) is 16.4 Å². The molecular formula is C13H15NO2S. The van der Waals surface area contributed by atoms with Gasteiger partial charge in [0.25, 0.3) is 0 Å². The molecule has 0 aliphatic carbocycles. The lowest BCUT2D eigenvalue weighted by Gasteiger charge is -2.15. The Morgan fingerprint density at radius 2 is 2.24 bits per heavy atom. The third-order valence-electron chi connectivity index (χ3n) is 2.52. The Morgan fingerprint density at radius 3 is 2.82 bits per heavy atom. The second-order valence-electron chi connectivity index (χ2n) is 4.02. The highest BCUT2D eigenvalue weighted by atomic mass is 32.1. The average molecular weight is 249 g/mol. The smallest absolute Gasteiger partial charge is 0.227 e. The maximum absolute atomic E-state index is 11.9. The Morgan fingerprint density at radius 1 is 1.41 bits per heavy atom. The van der Waals surface area contributed by atoms with E-state index in [9.17, 15) is 4.79 Å². The van der Waals surface area contributed by atoms with Gasteiger partial charge in [0.05, 0.1) is 13.0 Å². The van der Waals surface area contributed by atoms with Crippen molar-refractivity contribution in [1.82, 2.24) is 4.90 Å². The third-order valence-corrected chi connectivity index (χ3v) is 3.40. The fraction of sp³-hybridized carbons (Fsp3) is 0.308. The minimum Gasteiger partial charge on any atom is -0.464 e. The Hall–Kier alpha value is -1.55. The minimum atomic E-state index is 0.113. The van der Waals surface area contributed by atoms with Crippen LogP contribution in [-0.2, 0) is 17.8 Å². The van der Waals surface area contributed by atoms with Crippen molar-refractivity contribution in [2.24, 2.45) is 0 Å². The Balaban J connectivity index is 1.91. The van der Waals surface area contributed by atoms with E-state index in [0.717, 1.165) is 16.4 Å². The van der Waals surface area contributed by atoms with E-state index in [1.54, 1.807) is 23.3 Å². The fourth-order valence-corrected chi connectivity index (χ4v) is 2.29. The van der Waals surface area contributed by atoms with E-state index >= 15 is 0 Å². The van der Waals surface area contributed by atoms with Crippen LogP contribution in [-0.4, -0.2) is 17.9 Å². The Bertz CT molecular complexity index is 487. The van der Waals surface area contributed by atoms with Crippen LogP contribution in [0.5, 0.6) is 0 Å². The number of nitrogens with zero attached hydrogens (tertiary/aromatic N) is 1. The van der Waals surface area contributed by atoms with E-state index in [1.165, 1.54) is 0 Å². The zero-order valence-corrected chi connectivity index (χ0v) is 10.8. The van der Waals surface area contributed by atoms with Gasteiger partial charge in [-0.25, -0.2) is 0 Å². The van der Waals surface area contributed by atoms with E-state index in [0.29, 0.717) is 13.0 Å². The molecule has 90 valence electrons. The molecule has 17 heavy (non-hydrogen) atoms. The van der Waals surface area contributed by atoms with Crippen LogP contribution in [0.4, 0.5) is 0 Å². The van der Waals surface area contributed by atoms with Crippen LogP contribution in [0.25, 0.3) is 0 Å². The van der Waals surface area contributed by atoms with Crippen molar-refractivity contribution in [2.75, 3.05) is 7.05 Å². The Labute approximate surface area is 105 Å². The fourth-order valence-electron chi connectivity index (χ4n) is 1.59. The number of hydrogen-bond acceptors (Lipinski definition) is 3. The number of rotatable bonds is 4. The Kier molecular flexibility index (Phi) is 3.64. The molecule has 2 rings (SSSR count). The molecule has 0 saturated carbocycles.